The Morgan fingerprint density at radius 1 is 1.42 bits per heavy atom. The largest absolute Gasteiger partial charge is 0.323 e. The van der Waals surface area contributed by atoms with Crippen molar-refractivity contribution in [2.75, 3.05) is 6.54 Å². The second-order valence-corrected chi connectivity index (χ2v) is 4.97. The zero-order valence-corrected chi connectivity index (χ0v) is 11.6. The highest BCUT2D eigenvalue weighted by Gasteiger charge is 2.31. The molecule has 4 heteroatoms. The van der Waals surface area contributed by atoms with Crippen LogP contribution in [0.2, 0.25) is 0 Å². The second kappa shape index (κ2) is 6.91. The molecule has 1 rings (SSSR count). The van der Waals surface area contributed by atoms with Gasteiger partial charge in [-0.25, -0.2) is 0 Å². The summed E-state index contributed by atoms with van der Waals surface area (Å²) in [6.07, 6.45) is 1.45. The summed E-state index contributed by atoms with van der Waals surface area (Å²) in [5.74, 6) is -0.167. The van der Waals surface area contributed by atoms with Crippen molar-refractivity contribution in [3.8, 4) is 6.07 Å². The molecule has 1 aromatic rings. The molecule has 0 spiro atoms. The van der Waals surface area contributed by atoms with Crippen molar-refractivity contribution < 1.29 is 4.79 Å². The van der Waals surface area contributed by atoms with E-state index in [-0.39, 0.29) is 12.5 Å². The van der Waals surface area contributed by atoms with Gasteiger partial charge in [-0.1, -0.05) is 43.7 Å². The zero-order valence-electron chi connectivity index (χ0n) is 11.6. The molecule has 0 heterocycles. The lowest BCUT2D eigenvalue weighted by atomic mass is 9.95. The molecule has 4 nitrogen and oxygen atoms in total. The van der Waals surface area contributed by atoms with Crippen LogP contribution in [-0.4, -0.2) is 22.9 Å². The number of nitriles is 1. The topological polar surface area (TPSA) is 70.1 Å². The van der Waals surface area contributed by atoms with Crippen molar-refractivity contribution >= 4 is 5.91 Å². The lowest BCUT2D eigenvalue weighted by Crippen LogP contribution is -2.53. The van der Waals surface area contributed by atoms with Crippen molar-refractivity contribution in [2.24, 2.45) is 5.73 Å². The van der Waals surface area contributed by atoms with Gasteiger partial charge in [-0.05, 0) is 18.9 Å². The zero-order chi connectivity index (χ0) is 14.3. The Balaban J connectivity index is 2.83. The summed E-state index contributed by atoms with van der Waals surface area (Å²) in [5.41, 5.74) is 6.15. The third-order valence-electron chi connectivity index (χ3n) is 3.02. The van der Waals surface area contributed by atoms with Crippen LogP contribution in [0.4, 0.5) is 0 Å². The Kier molecular flexibility index (Phi) is 5.53. The molecule has 102 valence electrons. The summed E-state index contributed by atoms with van der Waals surface area (Å²) in [7, 11) is 0. The number of carbonyl (C=O) groups excluding carboxylic acids is 1. The number of nitrogens with two attached hydrogens (primary N) is 1. The van der Waals surface area contributed by atoms with Crippen LogP contribution in [0.15, 0.2) is 30.3 Å². The minimum absolute atomic E-state index is 0.0598. The van der Waals surface area contributed by atoms with Gasteiger partial charge in [-0.3, -0.25) is 4.79 Å². The van der Waals surface area contributed by atoms with E-state index in [0.717, 1.165) is 12.0 Å². The van der Waals surface area contributed by atoms with Gasteiger partial charge in [0.05, 0.1) is 11.6 Å². The van der Waals surface area contributed by atoms with Gasteiger partial charge in [0.25, 0.3) is 0 Å². The monoisotopic (exact) mass is 259 g/mol. The number of hydrogen-bond acceptors (Lipinski definition) is 3. The van der Waals surface area contributed by atoms with E-state index in [1.807, 2.05) is 43.3 Å². The maximum atomic E-state index is 12.4. The Hall–Kier alpha value is -1.86. The summed E-state index contributed by atoms with van der Waals surface area (Å²) in [5, 5.41) is 8.87. The van der Waals surface area contributed by atoms with Crippen LogP contribution in [0.3, 0.4) is 0 Å². The standard InChI is InChI=1S/C15H21N3O/c1-3-9-15(2,17)14(19)18(11-10-16)12-13-7-5-4-6-8-13/h4-8H,3,9,11-12,17H2,1-2H3. The van der Waals surface area contributed by atoms with Crippen LogP contribution in [-0.2, 0) is 11.3 Å². The molecule has 1 atom stereocenters. The second-order valence-electron chi connectivity index (χ2n) is 4.97. The van der Waals surface area contributed by atoms with Crippen molar-refractivity contribution in [2.45, 2.75) is 38.8 Å². The van der Waals surface area contributed by atoms with Crippen molar-refractivity contribution in [3.05, 3.63) is 35.9 Å². The fourth-order valence-electron chi connectivity index (χ4n) is 2.08. The minimum Gasteiger partial charge on any atom is -0.323 e. The molecule has 0 bridgehead atoms. The number of rotatable bonds is 6. The molecule has 0 saturated carbocycles. The van der Waals surface area contributed by atoms with Crippen LogP contribution < -0.4 is 5.73 Å². The van der Waals surface area contributed by atoms with Crippen LogP contribution in [0.5, 0.6) is 0 Å². The van der Waals surface area contributed by atoms with E-state index in [9.17, 15) is 4.79 Å². The van der Waals surface area contributed by atoms with Crippen LogP contribution in [0.25, 0.3) is 0 Å². The van der Waals surface area contributed by atoms with Gasteiger partial charge < -0.3 is 10.6 Å². The summed E-state index contributed by atoms with van der Waals surface area (Å²) in [6, 6.07) is 11.7. The Morgan fingerprint density at radius 3 is 2.58 bits per heavy atom. The molecule has 0 aromatic heterocycles. The first-order valence-electron chi connectivity index (χ1n) is 6.50. The SMILES string of the molecule is CCCC(C)(N)C(=O)N(CC#N)Cc1ccccc1. The van der Waals surface area contributed by atoms with E-state index in [4.69, 9.17) is 11.0 Å². The molecule has 1 unspecified atom stereocenters. The van der Waals surface area contributed by atoms with Crippen molar-refractivity contribution in [1.29, 1.82) is 5.26 Å². The highest BCUT2D eigenvalue weighted by molar-refractivity contribution is 5.85. The molecule has 19 heavy (non-hydrogen) atoms. The summed E-state index contributed by atoms with van der Waals surface area (Å²) in [4.78, 5) is 13.9. The summed E-state index contributed by atoms with van der Waals surface area (Å²) < 4.78 is 0. The van der Waals surface area contributed by atoms with Gasteiger partial charge >= 0.3 is 0 Å². The normalized spacial score (nSPS) is 13.4. The molecule has 2 N–H and O–H groups in total. The van der Waals surface area contributed by atoms with Crippen LogP contribution >= 0.6 is 0 Å². The smallest absolute Gasteiger partial charge is 0.243 e. The maximum Gasteiger partial charge on any atom is 0.243 e. The highest BCUT2D eigenvalue weighted by Crippen LogP contribution is 2.15. The first kappa shape index (κ1) is 15.2. The van der Waals surface area contributed by atoms with E-state index in [0.29, 0.717) is 13.0 Å². The minimum atomic E-state index is -0.902. The van der Waals surface area contributed by atoms with E-state index >= 15 is 0 Å². The van der Waals surface area contributed by atoms with Gasteiger partial charge in [0, 0.05) is 6.54 Å². The number of carbonyl (C=O) groups is 1. The third-order valence-corrected chi connectivity index (χ3v) is 3.02. The van der Waals surface area contributed by atoms with Gasteiger partial charge in [0.15, 0.2) is 0 Å². The average Bonchev–Trinajstić information content (AvgIpc) is 2.38. The van der Waals surface area contributed by atoms with Crippen LogP contribution in [0.1, 0.15) is 32.3 Å². The quantitative estimate of drug-likeness (QED) is 0.795. The number of benzene rings is 1. The highest BCUT2D eigenvalue weighted by atomic mass is 16.2. The Labute approximate surface area is 114 Å². The van der Waals surface area contributed by atoms with Gasteiger partial charge in [-0.2, -0.15) is 5.26 Å². The first-order valence-corrected chi connectivity index (χ1v) is 6.50. The van der Waals surface area contributed by atoms with E-state index in [1.165, 1.54) is 4.90 Å². The molecular weight excluding hydrogens is 238 g/mol. The van der Waals surface area contributed by atoms with E-state index in [1.54, 1.807) is 6.92 Å². The number of nitrogens with zero attached hydrogens (tertiary/aromatic N) is 2. The maximum absolute atomic E-state index is 12.4. The first-order chi connectivity index (χ1) is 9.01. The lowest BCUT2D eigenvalue weighted by Gasteiger charge is -2.30. The Bertz CT molecular complexity index is 448. The molecule has 0 aliphatic heterocycles. The van der Waals surface area contributed by atoms with E-state index in [2.05, 4.69) is 0 Å². The van der Waals surface area contributed by atoms with E-state index < -0.39 is 5.54 Å². The molecule has 0 radical (unpaired) electrons. The fourth-order valence-corrected chi connectivity index (χ4v) is 2.08. The number of amides is 1. The molecule has 0 aliphatic rings. The molecule has 0 aliphatic carbocycles. The van der Waals surface area contributed by atoms with Crippen LogP contribution in [0, 0.1) is 11.3 Å². The van der Waals surface area contributed by atoms with Gasteiger partial charge in [0.1, 0.15) is 6.54 Å². The molecule has 0 saturated heterocycles. The molecule has 1 amide bonds. The number of hydrogen-bond donors (Lipinski definition) is 1. The van der Waals surface area contributed by atoms with Gasteiger partial charge in [-0.15, -0.1) is 0 Å². The summed E-state index contributed by atoms with van der Waals surface area (Å²) >= 11 is 0. The van der Waals surface area contributed by atoms with Gasteiger partial charge in [0.2, 0.25) is 5.91 Å². The molecular formula is C15H21N3O. The third kappa shape index (κ3) is 4.38. The fraction of sp³-hybridized carbons (Fsp3) is 0.467. The predicted molar refractivity (Wildman–Crippen MR) is 75.0 cm³/mol. The Morgan fingerprint density at radius 2 is 2.05 bits per heavy atom. The summed E-state index contributed by atoms with van der Waals surface area (Å²) in [6.45, 7) is 4.20. The lowest BCUT2D eigenvalue weighted by molar-refractivity contribution is -0.136. The van der Waals surface area contributed by atoms with Crippen molar-refractivity contribution in [3.63, 3.8) is 0 Å². The molecule has 0 fully saturated rings. The average molecular weight is 259 g/mol. The van der Waals surface area contributed by atoms with Crippen molar-refractivity contribution in [1.82, 2.24) is 4.90 Å². The predicted octanol–water partition coefficient (Wildman–Crippen LogP) is 2.06. The molecule has 1 aromatic carbocycles.